The Labute approximate surface area is 118 Å². The van der Waals surface area contributed by atoms with Crippen LogP contribution in [0.2, 0.25) is 0 Å². The fourth-order valence-corrected chi connectivity index (χ4v) is 2.83. The van der Waals surface area contributed by atoms with Crippen molar-refractivity contribution in [2.75, 3.05) is 13.2 Å². The number of amides is 1. The molecule has 20 heavy (non-hydrogen) atoms. The number of hydrogen-bond donors (Lipinski definition) is 2. The first-order valence-electron chi connectivity index (χ1n) is 7.14. The fourth-order valence-electron chi connectivity index (χ4n) is 2.83. The van der Waals surface area contributed by atoms with Crippen molar-refractivity contribution in [3.05, 3.63) is 35.0 Å². The molecule has 2 heterocycles. The highest BCUT2D eigenvalue weighted by molar-refractivity contribution is 6.08. The van der Waals surface area contributed by atoms with Crippen LogP contribution in [-0.4, -0.2) is 30.1 Å². The summed E-state index contributed by atoms with van der Waals surface area (Å²) in [7, 11) is 0. The van der Waals surface area contributed by atoms with E-state index in [0.717, 1.165) is 47.2 Å². The lowest BCUT2D eigenvalue weighted by Crippen LogP contribution is -2.32. The molecule has 1 aromatic heterocycles. The van der Waals surface area contributed by atoms with Gasteiger partial charge >= 0.3 is 0 Å². The molecule has 3 rings (SSSR count). The molecule has 1 atom stereocenters. The van der Waals surface area contributed by atoms with Crippen LogP contribution in [0.3, 0.4) is 0 Å². The molecule has 2 N–H and O–H groups in total. The lowest BCUT2D eigenvalue weighted by atomic mass is 10.1. The third-order valence-corrected chi connectivity index (χ3v) is 3.88. The fraction of sp³-hybridized carbons (Fsp3) is 0.438. The Balaban J connectivity index is 1.82. The van der Waals surface area contributed by atoms with E-state index in [0.29, 0.717) is 6.54 Å². The predicted octanol–water partition coefficient (Wildman–Crippen LogP) is 2.69. The van der Waals surface area contributed by atoms with Crippen LogP contribution >= 0.6 is 0 Å². The lowest BCUT2D eigenvalue weighted by Gasteiger charge is -2.11. The number of carbonyl (C=O) groups is 1. The highest BCUT2D eigenvalue weighted by atomic mass is 16.5. The summed E-state index contributed by atoms with van der Waals surface area (Å²) < 4.78 is 5.53. The van der Waals surface area contributed by atoms with Gasteiger partial charge in [-0.3, -0.25) is 4.79 Å². The van der Waals surface area contributed by atoms with Gasteiger partial charge in [0.2, 0.25) is 0 Å². The topological polar surface area (TPSA) is 54.1 Å². The first kappa shape index (κ1) is 13.2. The molecule has 2 aromatic rings. The van der Waals surface area contributed by atoms with Crippen LogP contribution in [0.5, 0.6) is 0 Å². The van der Waals surface area contributed by atoms with Crippen molar-refractivity contribution in [2.24, 2.45) is 0 Å². The number of carbonyl (C=O) groups excluding carboxylic acids is 1. The minimum Gasteiger partial charge on any atom is -0.376 e. The average Bonchev–Trinajstić information content (AvgIpc) is 3.02. The molecule has 1 aliphatic heterocycles. The summed E-state index contributed by atoms with van der Waals surface area (Å²) in [6.07, 6.45) is 2.30. The van der Waals surface area contributed by atoms with E-state index in [1.165, 1.54) is 0 Å². The molecule has 1 saturated heterocycles. The van der Waals surface area contributed by atoms with E-state index in [1.54, 1.807) is 0 Å². The lowest BCUT2D eigenvalue weighted by molar-refractivity contribution is 0.0858. The quantitative estimate of drug-likeness (QED) is 0.902. The third kappa shape index (κ3) is 2.43. The SMILES string of the molecule is Cc1ccc2[nH]c(C)c(C(=O)NCC3CCCO3)c2c1. The molecule has 1 fully saturated rings. The van der Waals surface area contributed by atoms with Crippen LogP contribution in [0.4, 0.5) is 0 Å². The van der Waals surface area contributed by atoms with Crippen LogP contribution < -0.4 is 5.32 Å². The number of aromatic nitrogens is 1. The molecule has 1 amide bonds. The maximum Gasteiger partial charge on any atom is 0.253 e. The van der Waals surface area contributed by atoms with Gasteiger partial charge in [-0.15, -0.1) is 0 Å². The van der Waals surface area contributed by atoms with Crippen LogP contribution in [-0.2, 0) is 4.74 Å². The van der Waals surface area contributed by atoms with Crippen molar-refractivity contribution in [1.29, 1.82) is 0 Å². The van der Waals surface area contributed by atoms with E-state index in [9.17, 15) is 4.79 Å². The van der Waals surface area contributed by atoms with Gasteiger partial charge in [0.05, 0.1) is 11.7 Å². The molecule has 0 radical (unpaired) electrons. The molecular formula is C16H20N2O2. The molecular weight excluding hydrogens is 252 g/mol. The minimum atomic E-state index is -0.0187. The van der Waals surface area contributed by atoms with E-state index >= 15 is 0 Å². The normalized spacial score (nSPS) is 18.6. The molecule has 1 aromatic carbocycles. The van der Waals surface area contributed by atoms with Gasteiger partial charge in [-0.1, -0.05) is 11.6 Å². The maximum atomic E-state index is 12.4. The number of ether oxygens (including phenoxy) is 1. The predicted molar refractivity (Wildman–Crippen MR) is 79.1 cm³/mol. The summed E-state index contributed by atoms with van der Waals surface area (Å²) in [4.78, 5) is 15.7. The number of benzene rings is 1. The van der Waals surface area contributed by atoms with Gasteiger partial charge in [0.15, 0.2) is 0 Å². The Hall–Kier alpha value is -1.81. The average molecular weight is 272 g/mol. The molecule has 0 spiro atoms. The Bertz CT molecular complexity index is 639. The second-order valence-corrected chi connectivity index (χ2v) is 5.52. The number of fused-ring (bicyclic) bond motifs is 1. The number of aryl methyl sites for hydroxylation is 2. The van der Waals surface area contributed by atoms with Gasteiger partial charge in [0.25, 0.3) is 5.91 Å². The first-order valence-corrected chi connectivity index (χ1v) is 7.14. The molecule has 4 nitrogen and oxygen atoms in total. The van der Waals surface area contributed by atoms with E-state index in [4.69, 9.17) is 4.74 Å². The third-order valence-electron chi connectivity index (χ3n) is 3.88. The van der Waals surface area contributed by atoms with Gasteiger partial charge in [0.1, 0.15) is 0 Å². The van der Waals surface area contributed by atoms with Crippen LogP contribution in [0.25, 0.3) is 10.9 Å². The highest BCUT2D eigenvalue weighted by Crippen LogP contribution is 2.23. The van der Waals surface area contributed by atoms with Gasteiger partial charge in [-0.05, 0) is 38.8 Å². The van der Waals surface area contributed by atoms with Gasteiger partial charge in [-0.25, -0.2) is 0 Å². The summed E-state index contributed by atoms with van der Waals surface area (Å²) in [5, 5.41) is 3.99. The van der Waals surface area contributed by atoms with E-state index < -0.39 is 0 Å². The van der Waals surface area contributed by atoms with Gasteiger partial charge in [0, 0.05) is 29.7 Å². The van der Waals surface area contributed by atoms with Crippen molar-refractivity contribution in [3.8, 4) is 0 Å². The van der Waals surface area contributed by atoms with Crippen LogP contribution in [0.1, 0.15) is 34.5 Å². The second-order valence-electron chi connectivity index (χ2n) is 5.52. The summed E-state index contributed by atoms with van der Waals surface area (Å²) in [5.74, 6) is -0.0187. The van der Waals surface area contributed by atoms with E-state index in [1.807, 2.05) is 26.0 Å². The molecule has 1 aliphatic rings. The minimum absolute atomic E-state index is 0.0187. The smallest absolute Gasteiger partial charge is 0.253 e. The Kier molecular flexibility index (Phi) is 3.49. The van der Waals surface area contributed by atoms with Crippen LogP contribution in [0.15, 0.2) is 18.2 Å². The van der Waals surface area contributed by atoms with Crippen molar-refractivity contribution >= 4 is 16.8 Å². The monoisotopic (exact) mass is 272 g/mol. The van der Waals surface area contributed by atoms with E-state index in [2.05, 4.69) is 16.4 Å². The Morgan fingerprint density at radius 2 is 2.30 bits per heavy atom. The van der Waals surface area contributed by atoms with Crippen molar-refractivity contribution in [3.63, 3.8) is 0 Å². The molecule has 0 saturated carbocycles. The zero-order valence-electron chi connectivity index (χ0n) is 12.0. The molecule has 4 heteroatoms. The zero-order valence-corrected chi connectivity index (χ0v) is 12.0. The van der Waals surface area contributed by atoms with E-state index in [-0.39, 0.29) is 12.0 Å². The largest absolute Gasteiger partial charge is 0.376 e. The van der Waals surface area contributed by atoms with Gasteiger partial charge < -0.3 is 15.0 Å². The number of rotatable bonds is 3. The summed E-state index contributed by atoms with van der Waals surface area (Å²) in [6, 6.07) is 6.13. The van der Waals surface area contributed by atoms with Gasteiger partial charge in [-0.2, -0.15) is 0 Å². The first-order chi connectivity index (χ1) is 9.65. The van der Waals surface area contributed by atoms with Crippen molar-refractivity contribution < 1.29 is 9.53 Å². The van der Waals surface area contributed by atoms with Crippen molar-refractivity contribution in [2.45, 2.75) is 32.8 Å². The van der Waals surface area contributed by atoms with Crippen LogP contribution in [0, 0.1) is 13.8 Å². The Morgan fingerprint density at radius 3 is 3.05 bits per heavy atom. The standard InChI is InChI=1S/C16H20N2O2/c1-10-5-6-14-13(8-10)15(11(2)18-14)16(19)17-9-12-4-3-7-20-12/h5-6,8,12,18H,3-4,7,9H2,1-2H3,(H,17,19). The molecule has 0 aliphatic carbocycles. The second kappa shape index (κ2) is 5.29. The number of H-pyrrole nitrogens is 1. The number of nitrogens with one attached hydrogen (secondary N) is 2. The molecule has 1 unspecified atom stereocenters. The summed E-state index contributed by atoms with van der Waals surface area (Å²) in [6.45, 7) is 5.38. The molecule has 106 valence electrons. The Morgan fingerprint density at radius 1 is 1.45 bits per heavy atom. The molecule has 0 bridgehead atoms. The summed E-state index contributed by atoms with van der Waals surface area (Å²) >= 11 is 0. The highest BCUT2D eigenvalue weighted by Gasteiger charge is 2.19. The number of hydrogen-bond acceptors (Lipinski definition) is 2. The zero-order chi connectivity index (χ0) is 14.1. The maximum absolute atomic E-state index is 12.4. The van der Waals surface area contributed by atoms with Crippen molar-refractivity contribution in [1.82, 2.24) is 10.3 Å². The summed E-state index contributed by atoms with van der Waals surface area (Å²) in [5.41, 5.74) is 3.83. The number of aromatic amines is 1.